The van der Waals surface area contributed by atoms with Crippen LogP contribution in [0.5, 0.6) is 0 Å². The Hall–Kier alpha value is -1.06. The molecule has 1 aromatic carbocycles. The minimum Gasteiger partial charge on any atom is -0.396 e. The maximum atomic E-state index is 12.4. The molecule has 0 saturated carbocycles. The van der Waals surface area contributed by atoms with Crippen molar-refractivity contribution in [2.24, 2.45) is 0 Å². The Bertz CT molecular complexity index is 448. The van der Waals surface area contributed by atoms with E-state index >= 15 is 0 Å². The van der Waals surface area contributed by atoms with Gasteiger partial charge in [0.1, 0.15) is 0 Å². The molecule has 1 N–H and O–H groups in total. The van der Waals surface area contributed by atoms with Crippen LogP contribution in [0.25, 0.3) is 0 Å². The Labute approximate surface area is 125 Å². The number of aliphatic hydroxyl groups excluding tert-OH is 1. The molecule has 2 rings (SSSR count). The van der Waals surface area contributed by atoms with Gasteiger partial charge in [0.25, 0.3) is 0 Å². The summed E-state index contributed by atoms with van der Waals surface area (Å²) in [6.07, 6.45) is 5.10. The van der Waals surface area contributed by atoms with Crippen molar-refractivity contribution < 1.29 is 9.90 Å². The Morgan fingerprint density at radius 1 is 1.35 bits per heavy atom. The summed E-state index contributed by atoms with van der Waals surface area (Å²) in [6.45, 7) is 0.977. The summed E-state index contributed by atoms with van der Waals surface area (Å²) in [5.41, 5.74) is 1.03. The second-order valence-corrected chi connectivity index (χ2v) is 5.75. The molecule has 1 aromatic rings. The van der Waals surface area contributed by atoms with E-state index in [1.807, 2.05) is 29.2 Å². The molecule has 0 aromatic heterocycles. The van der Waals surface area contributed by atoms with Crippen molar-refractivity contribution in [3.63, 3.8) is 0 Å². The zero-order valence-electron chi connectivity index (χ0n) is 11.7. The molecular weight excluding hydrogens is 274 g/mol. The largest absolute Gasteiger partial charge is 0.396 e. The van der Waals surface area contributed by atoms with Gasteiger partial charge in [0, 0.05) is 30.6 Å². The van der Waals surface area contributed by atoms with Crippen LogP contribution in [0.1, 0.15) is 37.7 Å². The van der Waals surface area contributed by atoms with Gasteiger partial charge in [-0.25, -0.2) is 0 Å². The molecule has 1 atom stereocenters. The van der Waals surface area contributed by atoms with Crippen molar-refractivity contribution in [2.75, 3.05) is 13.2 Å². The average molecular weight is 296 g/mol. The third-order valence-corrected chi connectivity index (χ3v) is 4.34. The third kappa shape index (κ3) is 3.97. The number of aryl methyl sites for hydroxylation is 1. The van der Waals surface area contributed by atoms with E-state index in [4.69, 9.17) is 16.7 Å². The molecule has 1 amide bonds. The fraction of sp³-hybridized carbons (Fsp3) is 0.562. The Morgan fingerprint density at radius 2 is 2.15 bits per heavy atom. The van der Waals surface area contributed by atoms with Gasteiger partial charge >= 0.3 is 0 Å². The zero-order chi connectivity index (χ0) is 14.4. The lowest BCUT2D eigenvalue weighted by molar-refractivity contribution is -0.135. The van der Waals surface area contributed by atoms with Crippen molar-refractivity contribution in [1.29, 1.82) is 0 Å². The molecule has 1 aliphatic rings. The van der Waals surface area contributed by atoms with E-state index in [1.54, 1.807) is 0 Å². The molecule has 0 bridgehead atoms. The summed E-state index contributed by atoms with van der Waals surface area (Å²) in [7, 11) is 0. The highest BCUT2D eigenvalue weighted by atomic mass is 35.5. The van der Waals surface area contributed by atoms with Gasteiger partial charge in [-0.3, -0.25) is 4.79 Å². The lowest BCUT2D eigenvalue weighted by Gasteiger charge is -2.35. The van der Waals surface area contributed by atoms with Gasteiger partial charge < -0.3 is 10.0 Å². The Balaban J connectivity index is 1.91. The number of likely N-dealkylation sites (tertiary alicyclic amines) is 1. The van der Waals surface area contributed by atoms with Crippen LogP contribution in [-0.2, 0) is 11.2 Å². The number of amides is 1. The lowest BCUT2D eigenvalue weighted by atomic mass is 9.98. The maximum Gasteiger partial charge on any atom is 0.223 e. The number of carbonyl (C=O) groups excluding carboxylic acids is 1. The van der Waals surface area contributed by atoms with Crippen LogP contribution in [-0.4, -0.2) is 35.1 Å². The molecule has 4 heteroatoms. The van der Waals surface area contributed by atoms with E-state index in [1.165, 1.54) is 0 Å². The first-order valence-electron chi connectivity index (χ1n) is 7.36. The van der Waals surface area contributed by atoms with Gasteiger partial charge in [-0.15, -0.1) is 0 Å². The summed E-state index contributed by atoms with van der Waals surface area (Å²) in [5.74, 6) is 0.183. The van der Waals surface area contributed by atoms with E-state index in [2.05, 4.69) is 0 Å². The van der Waals surface area contributed by atoms with Crippen molar-refractivity contribution in [3.05, 3.63) is 34.9 Å². The normalized spacial score (nSPS) is 19.1. The lowest BCUT2D eigenvalue weighted by Crippen LogP contribution is -2.44. The number of aliphatic hydroxyl groups is 1. The highest BCUT2D eigenvalue weighted by molar-refractivity contribution is 6.31. The fourth-order valence-electron chi connectivity index (χ4n) is 2.86. The van der Waals surface area contributed by atoms with Crippen LogP contribution in [0.15, 0.2) is 24.3 Å². The number of rotatable bonds is 5. The van der Waals surface area contributed by atoms with Crippen LogP contribution in [0.3, 0.4) is 0 Å². The predicted octanol–water partition coefficient (Wildman–Crippen LogP) is 3.04. The van der Waals surface area contributed by atoms with E-state index in [0.29, 0.717) is 19.3 Å². The number of hydrogen-bond donors (Lipinski definition) is 1. The van der Waals surface area contributed by atoms with E-state index < -0.39 is 0 Å². The SMILES string of the molecule is O=C(CCc1ccccc1Cl)N1CCCC[C@@H]1CCO. The molecule has 1 saturated heterocycles. The van der Waals surface area contributed by atoms with E-state index in [0.717, 1.165) is 36.4 Å². The molecule has 1 fully saturated rings. The molecule has 3 nitrogen and oxygen atoms in total. The molecule has 20 heavy (non-hydrogen) atoms. The van der Waals surface area contributed by atoms with Gasteiger partial charge in [0.2, 0.25) is 5.91 Å². The number of halogens is 1. The number of nitrogens with zero attached hydrogens (tertiary/aromatic N) is 1. The maximum absolute atomic E-state index is 12.4. The summed E-state index contributed by atoms with van der Waals surface area (Å²) in [4.78, 5) is 14.3. The second-order valence-electron chi connectivity index (χ2n) is 5.34. The van der Waals surface area contributed by atoms with Gasteiger partial charge in [-0.05, 0) is 43.7 Å². The molecule has 110 valence electrons. The minimum atomic E-state index is 0.152. The van der Waals surface area contributed by atoms with Crippen LogP contribution in [0, 0.1) is 0 Å². The first-order chi connectivity index (χ1) is 9.72. The van der Waals surface area contributed by atoms with Crippen molar-refractivity contribution >= 4 is 17.5 Å². The molecule has 0 aliphatic carbocycles. The van der Waals surface area contributed by atoms with Gasteiger partial charge in [-0.2, -0.15) is 0 Å². The third-order valence-electron chi connectivity index (χ3n) is 3.98. The Kier molecular flexibility index (Phi) is 5.86. The summed E-state index contributed by atoms with van der Waals surface area (Å²) in [5, 5.41) is 9.83. The van der Waals surface area contributed by atoms with Gasteiger partial charge in [-0.1, -0.05) is 29.8 Å². The zero-order valence-corrected chi connectivity index (χ0v) is 12.5. The summed E-state index contributed by atoms with van der Waals surface area (Å²) in [6, 6.07) is 7.89. The monoisotopic (exact) mass is 295 g/mol. The molecule has 0 spiro atoms. The predicted molar refractivity (Wildman–Crippen MR) is 80.8 cm³/mol. The smallest absolute Gasteiger partial charge is 0.223 e. The van der Waals surface area contributed by atoms with Crippen molar-refractivity contribution in [1.82, 2.24) is 4.90 Å². The molecule has 1 heterocycles. The molecule has 1 aliphatic heterocycles. The molecule has 0 unspecified atom stereocenters. The van der Waals surface area contributed by atoms with Crippen molar-refractivity contribution in [2.45, 2.75) is 44.6 Å². The Morgan fingerprint density at radius 3 is 2.90 bits per heavy atom. The van der Waals surface area contributed by atoms with Crippen LogP contribution < -0.4 is 0 Å². The summed E-state index contributed by atoms with van der Waals surface area (Å²) < 4.78 is 0. The standard InChI is InChI=1S/C16H22ClNO2/c17-15-7-2-1-5-13(15)8-9-16(20)18-11-4-3-6-14(18)10-12-19/h1-2,5,7,14,19H,3-4,6,8-12H2/t14-/m1/s1. The van der Waals surface area contributed by atoms with Gasteiger partial charge in [0.05, 0.1) is 0 Å². The van der Waals surface area contributed by atoms with E-state index in [-0.39, 0.29) is 18.6 Å². The van der Waals surface area contributed by atoms with Crippen molar-refractivity contribution in [3.8, 4) is 0 Å². The summed E-state index contributed by atoms with van der Waals surface area (Å²) >= 11 is 6.11. The van der Waals surface area contributed by atoms with Crippen LogP contribution in [0.4, 0.5) is 0 Å². The number of benzene rings is 1. The first-order valence-corrected chi connectivity index (χ1v) is 7.74. The number of carbonyl (C=O) groups is 1. The number of piperidine rings is 1. The van der Waals surface area contributed by atoms with Crippen LogP contribution in [0.2, 0.25) is 5.02 Å². The highest BCUT2D eigenvalue weighted by Gasteiger charge is 2.25. The quantitative estimate of drug-likeness (QED) is 0.907. The average Bonchev–Trinajstić information content (AvgIpc) is 2.47. The molecular formula is C16H22ClNO2. The number of hydrogen-bond acceptors (Lipinski definition) is 2. The fourth-order valence-corrected chi connectivity index (χ4v) is 3.09. The van der Waals surface area contributed by atoms with E-state index in [9.17, 15) is 4.79 Å². The highest BCUT2D eigenvalue weighted by Crippen LogP contribution is 2.22. The van der Waals surface area contributed by atoms with Crippen LogP contribution >= 0.6 is 11.6 Å². The first kappa shape index (κ1) is 15.3. The molecule has 0 radical (unpaired) electrons. The topological polar surface area (TPSA) is 40.5 Å². The second kappa shape index (κ2) is 7.65. The minimum absolute atomic E-state index is 0.152. The van der Waals surface area contributed by atoms with Gasteiger partial charge in [0.15, 0.2) is 0 Å².